The van der Waals surface area contributed by atoms with Crippen LogP contribution in [0, 0.1) is 0 Å². The lowest BCUT2D eigenvalue weighted by atomic mass is 10.0. The quantitative estimate of drug-likeness (QED) is 0.192. The topological polar surface area (TPSA) is 64.5 Å². The third-order valence-electron chi connectivity index (χ3n) is 8.54. The summed E-state index contributed by atoms with van der Waals surface area (Å²) >= 11 is 0. The smallest absolute Gasteiger partial charge is 0.0972 e. The van der Waals surface area contributed by atoms with E-state index in [1.165, 1.54) is 10.8 Å². The van der Waals surface area contributed by atoms with E-state index in [0.29, 0.717) is 0 Å². The molecule has 0 amide bonds. The zero-order chi connectivity index (χ0) is 30.5. The van der Waals surface area contributed by atoms with Crippen LogP contribution in [0.3, 0.4) is 0 Å². The fraction of sp³-hybridized carbons (Fsp3) is 0. The van der Waals surface area contributed by atoms with Crippen molar-refractivity contribution >= 4 is 43.5 Å². The number of pyridine rings is 3. The van der Waals surface area contributed by atoms with Crippen molar-refractivity contribution in [3.8, 4) is 45.0 Å². The number of aromatic nitrogens is 5. The molecule has 9 rings (SSSR count). The molecule has 5 nitrogen and oxygen atoms in total. The van der Waals surface area contributed by atoms with Gasteiger partial charge in [0.1, 0.15) is 0 Å². The Labute approximate surface area is 264 Å². The fourth-order valence-electron chi connectivity index (χ4n) is 6.13. The monoisotopic (exact) mass is 587 g/mol. The summed E-state index contributed by atoms with van der Waals surface area (Å²) in [6.07, 6.45) is 5.44. The zero-order valence-electron chi connectivity index (χ0n) is 24.7. The molecule has 46 heavy (non-hydrogen) atoms. The van der Waals surface area contributed by atoms with E-state index in [4.69, 9.17) is 15.0 Å². The minimum absolute atomic E-state index is 0.782. The molecule has 0 unspecified atom stereocenters. The number of hydrogen-bond donors (Lipinski definition) is 0. The van der Waals surface area contributed by atoms with Crippen molar-refractivity contribution in [3.63, 3.8) is 0 Å². The molecule has 0 N–H and O–H groups in total. The van der Waals surface area contributed by atoms with Gasteiger partial charge >= 0.3 is 0 Å². The molecule has 0 aliphatic carbocycles. The van der Waals surface area contributed by atoms with Crippen molar-refractivity contribution < 1.29 is 0 Å². The lowest BCUT2D eigenvalue weighted by molar-refractivity contribution is 1.20. The molecule has 0 aliphatic rings. The van der Waals surface area contributed by atoms with Crippen LogP contribution in [0.5, 0.6) is 0 Å². The van der Waals surface area contributed by atoms with E-state index in [0.717, 1.165) is 77.7 Å². The van der Waals surface area contributed by atoms with Crippen LogP contribution in [0.2, 0.25) is 0 Å². The normalized spacial score (nSPS) is 11.5. The number of hydrogen-bond acceptors (Lipinski definition) is 5. The van der Waals surface area contributed by atoms with Crippen LogP contribution in [0.15, 0.2) is 152 Å². The van der Waals surface area contributed by atoms with Crippen molar-refractivity contribution in [1.82, 2.24) is 24.9 Å². The van der Waals surface area contributed by atoms with E-state index >= 15 is 0 Å². The van der Waals surface area contributed by atoms with Gasteiger partial charge < -0.3 is 0 Å². The zero-order valence-corrected chi connectivity index (χ0v) is 24.7. The summed E-state index contributed by atoms with van der Waals surface area (Å²) in [6, 6.07) is 46.1. The maximum absolute atomic E-state index is 5.18. The highest BCUT2D eigenvalue weighted by atomic mass is 14.8. The van der Waals surface area contributed by atoms with Gasteiger partial charge in [0.15, 0.2) is 0 Å². The maximum atomic E-state index is 5.18. The van der Waals surface area contributed by atoms with E-state index in [2.05, 4.69) is 119 Å². The molecular formula is C41H25N5. The van der Waals surface area contributed by atoms with Gasteiger partial charge in [-0.2, -0.15) is 0 Å². The van der Waals surface area contributed by atoms with E-state index < -0.39 is 0 Å². The van der Waals surface area contributed by atoms with Crippen LogP contribution in [-0.4, -0.2) is 24.9 Å². The lowest BCUT2D eigenvalue weighted by Crippen LogP contribution is -1.93. The van der Waals surface area contributed by atoms with E-state index in [1.54, 1.807) is 12.4 Å². The van der Waals surface area contributed by atoms with Crippen LogP contribution < -0.4 is 0 Å². The molecule has 0 saturated heterocycles. The molecule has 0 fully saturated rings. The first-order valence-electron chi connectivity index (χ1n) is 15.2. The molecule has 214 valence electrons. The Morgan fingerprint density at radius 1 is 0.326 bits per heavy atom. The molecule has 0 aliphatic heterocycles. The molecule has 4 aromatic heterocycles. The van der Waals surface area contributed by atoms with Gasteiger partial charge in [0.2, 0.25) is 0 Å². The highest BCUT2D eigenvalue weighted by molar-refractivity contribution is 6.04. The van der Waals surface area contributed by atoms with Crippen molar-refractivity contribution in [3.05, 3.63) is 152 Å². The minimum atomic E-state index is 0.782. The summed E-state index contributed by atoms with van der Waals surface area (Å²) in [4.78, 5) is 24.4. The Hall–Kier alpha value is -6.33. The minimum Gasteiger partial charge on any atom is -0.260 e. The molecule has 0 bridgehead atoms. The summed E-state index contributed by atoms with van der Waals surface area (Å²) < 4.78 is 0. The van der Waals surface area contributed by atoms with E-state index in [-0.39, 0.29) is 0 Å². The third-order valence-corrected chi connectivity index (χ3v) is 8.54. The second kappa shape index (κ2) is 10.7. The first kappa shape index (κ1) is 26.1. The average molecular weight is 588 g/mol. The van der Waals surface area contributed by atoms with Crippen molar-refractivity contribution in [2.24, 2.45) is 0 Å². The second-order valence-electron chi connectivity index (χ2n) is 11.5. The molecule has 4 heterocycles. The number of para-hydroxylation sites is 1. The standard InChI is InChI=1S/C41H25N5/c1-2-7-29-20-33(15-12-26(29)6-1)37-19-17-28-14-13-27-16-18-36(45-40(27)41(28)46-37)31-9-5-10-32(21-31)38-24-42-25-39(44-38)34-22-30-8-3-4-11-35(30)43-23-34/h1-25H. The highest BCUT2D eigenvalue weighted by Crippen LogP contribution is 2.31. The van der Waals surface area contributed by atoms with Crippen LogP contribution in [0.25, 0.3) is 88.5 Å². The van der Waals surface area contributed by atoms with Gasteiger partial charge in [-0.3, -0.25) is 9.97 Å². The van der Waals surface area contributed by atoms with Gasteiger partial charge in [-0.15, -0.1) is 0 Å². The number of rotatable bonds is 4. The van der Waals surface area contributed by atoms with Gasteiger partial charge in [-0.05, 0) is 47.2 Å². The van der Waals surface area contributed by atoms with Gasteiger partial charge in [-0.25, -0.2) is 15.0 Å². The van der Waals surface area contributed by atoms with Crippen molar-refractivity contribution in [1.29, 1.82) is 0 Å². The van der Waals surface area contributed by atoms with E-state index in [9.17, 15) is 0 Å². The molecular weight excluding hydrogens is 562 g/mol. The van der Waals surface area contributed by atoms with Gasteiger partial charge in [0, 0.05) is 44.6 Å². The van der Waals surface area contributed by atoms with Crippen molar-refractivity contribution in [2.45, 2.75) is 0 Å². The largest absolute Gasteiger partial charge is 0.260 e. The summed E-state index contributed by atoms with van der Waals surface area (Å²) in [7, 11) is 0. The summed E-state index contributed by atoms with van der Waals surface area (Å²) in [6.45, 7) is 0. The SMILES string of the molecule is c1cc(-c2cncc(-c3cnc4ccccc4c3)n2)cc(-c2ccc3ccc4ccc(-c5ccc6ccccc6c5)nc4c3n2)c1. The predicted octanol–water partition coefficient (Wildman–Crippen LogP) is 9.94. The summed E-state index contributed by atoms with van der Waals surface area (Å²) in [5, 5.41) is 5.60. The first-order valence-corrected chi connectivity index (χ1v) is 15.2. The first-order chi connectivity index (χ1) is 22.7. The lowest BCUT2D eigenvalue weighted by Gasteiger charge is -2.10. The third kappa shape index (κ3) is 4.62. The van der Waals surface area contributed by atoms with Crippen LogP contribution in [0.1, 0.15) is 0 Å². The summed E-state index contributed by atoms with van der Waals surface area (Å²) in [5.41, 5.74) is 10.1. The van der Waals surface area contributed by atoms with Crippen LogP contribution in [-0.2, 0) is 0 Å². The molecule has 0 saturated carbocycles. The molecule has 5 aromatic carbocycles. The number of fused-ring (bicyclic) bond motifs is 5. The fourth-order valence-corrected chi connectivity index (χ4v) is 6.13. The molecule has 9 aromatic rings. The van der Waals surface area contributed by atoms with E-state index in [1.807, 2.05) is 30.5 Å². The van der Waals surface area contributed by atoms with Gasteiger partial charge in [0.25, 0.3) is 0 Å². The Morgan fingerprint density at radius 2 is 0.891 bits per heavy atom. The molecule has 0 radical (unpaired) electrons. The molecule has 5 heteroatoms. The Kier molecular flexibility index (Phi) is 6.06. The Morgan fingerprint density at radius 3 is 1.65 bits per heavy atom. The maximum Gasteiger partial charge on any atom is 0.0972 e. The van der Waals surface area contributed by atoms with Crippen LogP contribution >= 0.6 is 0 Å². The van der Waals surface area contributed by atoms with Gasteiger partial charge in [-0.1, -0.05) is 97.1 Å². The molecule has 0 spiro atoms. The Balaban J connectivity index is 1.11. The molecule has 0 atom stereocenters. The number of nitrogens with zero attached hydrogens (tertiary/aromatic N) is 5. The van der Waals surface area contributed by atoms with Crippen LogP contribution in [0.4, 0.5) is 0 Å². The van der Waals surface area contributed by atoms with Crippen molar-refractivity contribution in [2.75, 3.05) is 0 Å². The average Bonchev–Trinajstić information content (AvgIpc) is 3.14. The number of benzene rings is 5. The van der Waals surface area contributed by atoms with Gasteiger partial charge in [0.05, 0.1) is 51.7 Å². The highest BCUT2D eigenvalue weighted by Gasteiger charge is 2.11. The predicted molar refractivity (Wildman–Crippen MR) is 187 cm³/mol. The Bertz CT molecular complexity index is 2610. The summed E-state index contributed by atoms with van der Waals surface area (Å²) in [5.74, 6) is 0. The second-order valence-corrected chi connectivity index (χ2v) is 11.5.